The molecule has 9 aromatic rings. The molecule has 1 heteroatoms. The fourth-order valence-electron chi connectivity index (χ4n) is 7.75. The van der Waals surface area contributed by atoms with Crippen LogP contribution in [0.4, 0.5) is 17.1 Å². The number of hydrogen-bond donors (Lipinski definition) is 0. The van der Waals surface area contributed by atoms with Crippen LogP contribution in [0.15, 0.2) is 249 Å². The maximum absolute atomic E-state index is 3.76. The standard InChI is InChI=1S/C50H35N.C8H12/c1-2-14-44(15-3-1)51(45-32-28-38(29-33-45)36-20-24-42(25-21-36)49-18-8-12-40-10-4-6-16-47(40)49)46-34-30-39(31-35-46)37-22-26-43(27-23-37)50-19-9-13-41-11-5-7-17-48(41)50;1-4-6-8(3)7-5-2/h1-35H;4-7H,3H2,1-2H3/b;6-4-,7-5-. The molecule has 0 unspecified atom stereocenters. The van der Waals surface area contributed by atoms with Gasteiger partial charge in [0.25, 0.3) is 0 Å². The molecule has 0 aliphatic rings. The summed E-state index contributed by atoms with van der Waals surface area (Å²) in [6.45, 7) is 7.72. The number of allylic oxidation sites excluding steroid dienone is 5. The fraction of sp³-hybridized carbons (Fsp3) is 0.0345. The van der Waals surface area contributed by atoms with E-state index in [-0.39, 0.29) is 0 Å². The second kappa shape index (κ2) is 18.2. The first-order valence-electron chi connectivity index (χ1n) is 20.3. The second-order valence-corrected chi connectivity index (χ2v) is 14.5. The molecule has 0 spiro atoms. The number of nitrogens with zero attached hydrogens (tertiary/aromatic N) is 1. The average molecular weight is 758 g/mol. The normalized spacial score (nSPS) is 11.2. The van der Waals surface area contributed by atoms with Crippen molar-refractivity contribution < 1.29 is 0 Å². The van der Waals surface area contributed by atoms with Crippen LogP contribution in [0.1, 0.15) is 13.8 Å². The maximum atomic E-state index is 3.76. The Morgan fingerprint density at radius 1 is 0.339 bits per heavy atom. The summed E-state index contributed by atoms with van der Waals surface area (Å²) in [6.07, 6.45) is 7.89. The van der Waals surface area contributed by atoms with Crippen LogP contribution in [0.2, 0.25) is 0 Å². The second-order valence-electron chi connectivity index (χ2n) is 14.5. The Morgan fingerprint density at radius 3 is 1.07 bits per heavy atom. The summed E-state index contributed by atoms with van der Waals surface area (Å²) in [4.78, 5) is 2.32. The molecular weight excluding hydrogens is 711 g/mol. The average Bonchev–Trinajstić information content (AvgIpc) is 3.30. The lowest BCUT2D eigenvalue weighted by molar-refractivity contribution is 1.28. The van der Waals surface area contributed by atoms with Gasteiger partial charge < -0.3 is 4.90 Å². The lowest BCUT2D eigenvalue weighted by atomic mass is 9.96. The van der Waals surface area contributed by atoms with E-state index in [0.717, 1.165) is 22.6 Å². The van der Waals surface area contributed by atoms with Crippen LogP contribution in [0, 0.1) is 0 Å². The van der Waals surface area contributed by atoms with Crippen molar-refractivity contribution in [2.45, 2.75) is 13.8 Å². The minimum atomic E-state index is 1.05. The van der Waals surface area contributed by atoms with Gasteiger partial charge in [0.1, 0.15) is 0 Å². The van der Waals surface area contributed by atoms with E-state index in [1.54, 1.807) is 0 Å². The van der Waals surface area contributed by atoms with Crippen LogP contribution in [0.3, 0.4) is 0 Å². The molecule has 1 nitrogen and oxygen atoms in total. The van der Waals surface area contributed by atoms with Crippen LogP contribution in [0.25, 0.3) is 66.1 Å². The van der Waals surface area contributed by atoms with Gasteiger partial charge in [-0.15, -0.1) is 0 Å². The van der Waals surface area contributed by atoms with Crippen molar-refractivity contribution in [3.8, 4) is 44.5 Å². The molecule has 0 N–H and O–H groups in total. The minimum absolute atomic E-state index is 1.05. The van der Waals surface area contributed by atoms with Crippen LogP contribution >= 0.6 is 0 Å². The number of hydrogen-bond acceptors (Lipinski definition) is 1. The van der Waals surface area contributed by atoms with Crippen LogP contribution in [-0.2, 0) is 0 Å². The highest BCUT2D eigenvalue weighted by molar-refractivity contribution is 5.98. The van der Waals surface area contributed by atoms with Gasteiger partial charge >= 0.3 is 0 Å². The Balaban J connectivity index is 0.000000551. The Bertz CT molecular complexity index is 2670. The predicted octanol–water partition coefficient (Wildman–Crippen LogP) is 16.8. The minimum Gasteiger partial charge on any atom is -0.311 e. The van der Waals surface area contributed by atoms with E-state index in [1.165, 1.54) is 66.1 Å². The van der Waals surface area contributed by atoms with Gasteiger partial charge in [0.2, 0.25) is 0 Å². The highest BCUT2D eigenvalue weighted by Crippen LogP contribution is 2.38. The van der Waals surface area contributed by atoms with Crippen molar-refractivity contribution in [3.63, 3.8) is 0 Å². The zero-order valence-corrected chi connectivity index (χ0v) is 33.7. The molecule has 0 aromatic heterocycles. The van der Waals surface area contributed by atoms with Crippen molar-refractivity contribution in [1.29, 1.82) is 0 Å². The van der Waals surface area contributed by atoms with Gasteiger partial charge in [-0.2, -0.15) is 0 Å². The molecule has 0 saturated heterocycles. The van der Waals surface area contributed by atoms with E-state index in [2.05, 4.69) is 224 Å². The summed E-state index contributed by atoms with van der Waals surface area (Å²) in [5, 5.41) is 5.08. The SMILES string of the molecule is C=C(/C=C\C)/C=C\C.c1ccc(N(c2ccc(-c3ccc(-c4cccc5ccccc45)cc3)cc2)c2ccc(-c3ccc(-c4cccc5ccccc45)cc3)cc2)cc1. The Hall–Kier alpha value is -7.48. The molecule has 59 heavy (non-hydrogen) atoms. The summed E-state index contributed by atoms with van der Waals surface area (Å²) >= 11 is 0. The largest absolute Gasteiger partial charge is 0.311 e. The van der Waals surface area contributed by atoms with Gasteiger partial charge in [-0.25, -0.2) is 0 Å². The van der Waals surface area contributed by atoms with E-state index in [4.69, 9.17) is 0 Å². The van der Waals surface area contributed by atoms with Gasteiger partial charge in [0.15, 0.2) is 0 Å². The highest BCUT2D eigenvalue weighted by Gasteiger charge is 2.14. The molecule has 0 amide bonds. The Kier molecular flexibility index (Phi) is 11.8. The molecule has 0 heterocycles. The first-order chi connectivity index (χ1) is 29.1. The number of benzene rings is 9. The molecule has 0 aliphatic carbocycles. The summed E-state index contributed by atoms with van der Waals surface area (Å²) in [7, 11) is 0. The van der Waals surface area contributed by atoms with Gasteiger partial charge in [-0.1, -0.05) is 207 Å². The third kappa shape index (κ3) is 8.76. The predicted molar refractivity (Wildman–Crippen MR) is 257 cm³/mol. The van der Waals surface area contributed by atoms with Crippen molar-refractivity contribution in [2.24, 2.45) is 0 Å². The van der Waals surface area contributed by atoms with E-state index < -0.39 is 0 Å². The zero-order valence-electron chi connectivity index (χ0n) is 33.7. The first-order valence-corrected chi connectivity index (χ1v) is 20.3. The first kappa shape index (κ1) is 38.4. The number of fused-ring (bicyclic) bond motifs is 2. The molecule has 0 aliphatic heterocycles. The highest BCUT2D eigenvalue weighted by atomic mass is 15.1. The van der Waals surface area contributed by atoms with Crippen LogP contribution in [-0.4, -0.2) is 0 Å². The molecule has 9 rings (SSSR count). The summed E-state index contributed by atoms with van der Waals surface area (Å²) in [6, 6.07) is 76.5. The van der Waals surface area contributed by atoms with Gasteiger partial charge in [-0.05, 0) is 122 Å². The van der Waals surface area contributed by atoms with Crippen LogP contribution in [0.5, 0.6) is 0 Å². The smallest absolute Gasteiger partial charge is 0.0462 e. The topological polar surface area (TPSA) is 3.24 Å². The molecule has 0 atom stereocenters. The maximum Gasteiger partial charge on any atom is 0.0462 e. The molecule has 9 aromatic carbocycles. The van der Waals surface area contributed by atoms with Crippen molar-refractivity contribution in [3.05, 3.63) is 249 Å². The van der Waals surface area contributed by atoms with Gasteiger partial charge in [0, 0.05) is 17.1 Å². The number of para-hydroxylation sites is 1. The Morgan fingerprint density at radius 2 is 0.661 bits per heavy atom. The van der Waals surface area contributed by atoms with Crippen LogP contribution < -0.4 is 4.90 Å². The molecule has 0 bridgehead atoms. The third-order valence-electron chi connectivity index (χ3n) is 10.7. The lowest BCUT2D eigenvalue weighted by Gasteiger charge is -2.26. The number of anilines is 3. The Labute approximate surface area is 349 Å². The third-order valence-corrected chi connectivity index (χ3v) is 10.7. The quantitative estimate of drug-likeness (QED) is 0.133. The van der Waals surface area contributed by atoms with Crippen molar-refractivity contribution in [1.82, 2.24) is 0 Å². The number of rotatable bonds is 9. The molecule has 0 fully saturated rings. The fourth-order valence-corrected chi connectivity index (χ4v) is 7.75. The summed E-state index contributed by atoms with van der Waals surface area (Å²) < 4.78 is 0. The van der Waals surface area contributed by atoms with E-state index >= 15 is 0 Å². The van der Waals surface area contributed by atoms with Crippen molar-refractivity contribution in [2.75, 3.05) is 4.90 Å². The zero-order chi connectivity index (χ0) is 40.4. The summed E-state index contributed by atoms with van der Waals surface area (Å²) in [5.41, 5.74) is 14.2. The van der Waals surface area contributed by atoms with E-state index in [9.17, 15) is 0 Å². The van der Waals surface area contributed by atoms with Gasteiger partial charge in [-0.3, -0.25) is 0 Å². The molecule has 0 saturated carbocycles. The molecule has 0 radical (unpaired) electrons. The lowest BCUT2D eigenvalue weighted by Crippen LogP contribution is -2.09. The van der Waals surface area contributed by atoms with E-state index in [1.807, 2.05) is 38.2 Å². The monoisotopic (exact) mass is 757 g/mol. The van der Waals surface area contributed by atoms with E-state index in [0.29, 0.717) is 0 Å². The molecule has 284 valence electrons. The molecular formula is C58H47N. The van der Waals surface area contributed by atoms with Crippen molar-refractivity contribution >= 4 is 38.6 Å². The summed E-state index contributed by atoms with van der Waals surface area (Å²) in [5.74, 6) is 0. The van der Waals surface area contributed by atoms with Gasteiger partial charge in [0.05, 0.1) is 0 Å².